The second-order valence-electron chi connectivity index (χ2n) is 4.92. The highest BCUT2D eigenvalue weighted by Gasteiger charge is 2.22. The SMILES string of the molecule is Cc1ccc([C@@H]2Cc3ccccc3N2)c(C)c1. The molecule has 86 valence electrons. The molecule has 1 aliphatic rings. The molecular weight excluding hydrogens is 206 g/mol. The average Bonchev–Trinajstić information content (AvgIpc) is 2.72. The zero-order valence-corrected chi connectivity index (χ0v) is 10.3. The lowest BCUT2D eigenvalue weighted by atomic mass is 9.97. The third-order valence-electron chi connectivity index (χ3n) is 3.57. The summed E-state index contributed by atoms with van der Waals surface area (Å²) in [4.78, 5) is 0. The van der Waals surface area contributed by atoms with E-state index in [-0.39, 0.29) is 0 Å². The summed E-state index contributed by atoms with van der Waals surface area (Å²) < 4.78 is 0. The first-order chi connectivity index (χ1) is 8.24. The Kier molecular flexibility index (Phi) is 2.40. The van der Waals surface area contributed by atoms with Gasteiger partial charge in [-0.05, 0) is 43.0 Å². The number of hydrogen-bond acceptors (Lipinski definition) is 1. The van der Waals surface area contributed by atoms with Crippen molar-refractivity contribution in [2.24, 2.45) is 0 Å². The quantitative estimate of drug-likeness (QED) is 0.770. The van der Waals surface area contributed by atoms with Crippen LogP contribution in [0.2, 0.25) is 0 Å². The second kappa shape index (κ2) is 3.92. The standard InChI is InChI=1S/C16H17N/c1-11-7-8-14(12(2)9-11)16-10-13-5-3-4-6-15(13)17-16/h3-9,16-17H,10H2,1-2H3/t16-/m0/s1. The lowest BCUT2D eigenvalue weighted by Gasteiger charge is -2.15. The molecule has 1 nitrogen and oxygen atoms in total. The van der Waals surface area contributed by atoms with Gasteiger partial charge in [-0.25, -0.2) is 0 Å². The van der Waals surface area contributed by atoms with Gasteiger partial charge in [-0.3, -0.25) is 0 Å². The minimum atomic E-state index is 0.438. The van der Waals surface area contributed by atoms with E-state index in [1.165, 1.54) is 27.9 Å². The molecule has 0 unspecified atom stereocenters. The summed E-state index contributed by atoms with van der Waals surface area (Å²) >= 11 is 0. The molecule has 0 fully saturated rings. The topological polar surface area (TPSA) is 12.0 Å². The van der Waals surface area contributed by atoms with Crippen molar-refractivity contribution in [2.75, 3.05) is 5.32 Å². The van der Waals surface area contributed by atoms with Crippen LogP contribution in [0.3, 0.4) is 0 Å². The van der Waals surface area contributed by atoms with Crippen LogP contribution in [0.1, 0.15) is 28.3 Å². The highest BCUT2D eigenvalue weighted by Crippen LogP contribution is 2.35. The molecule has 0 spiro atoms. The zero-order chi connectivity index (χ0) is 11.8. The van der Waals surface area contributed by atoms with Gasteiger partial charge >= 0.3 is 0 Å². The predicted octanol–water partition coefficient (Wildman–Crippen LogP) is 4.01. The Morgan fingerprint density at radius 3 is 2.65 bits per heavy atom. The number of anilines is 1. The number of nitrogens with one attached hydrogen (secondary N) is 1. The van der Waals surface area contributed by atoms with E-state index >= 15 is 0 Å². The van der Waals surface area contributed by atoms with E-state index in [0.29, 0.717) is 6.04 Å². The van der Waals surface area contributed by atoms with Gasteiger partial charge in [-0.1, -0.05) is 42.0 Å². The van der Waals surface area contributed by atoms with Crippen molar-refractivity contribution >= 4 is 5.69 Å². The Bertz CT molecular complexity index is 532. The van der Waals surface area contributed by atoms with E-state index < -0.39 is 0 Å². The lowest BCUT2D eigenvalue weighted by Crippen LogP contribution is -2.07. The second-order valence-corrected chi connectivity index (χ2v) is 4.92. The van der Waals surface area contributed by atoms with E-state index in [2.05, 4.69) is 61.6 Å². The van der Waals surface area contributed by atoms with Gasteiger partial charge in [0.1, 0.15) is 0 Å². The van der Waals surface area contributed by atoms with Crippen LogP contribution in [0.15, 0.2) is 42.5 Å². The summed E-state index contributed by atoms with van der Waals surface area (Å²) in [5.74, 6) is 0. The van der Waals surface area contributed by atoms with Gasteiger partial charge in [0.25, 0.3) is 0 Å². The summed E-state index contributed by atoms with van der Waals surface area (Å²) in [6.07, 6.45) is 1.10. The molecule has 1 heteroatoms. The smallest absolute Gasteiger partial charge is 0.0557 e. The van der Waals surface area contributed by atoms with Crippen LogP contribution < -0.4 is 5.32 Å². The summed E-state index contributed by atoms with van der Waals surface area (Å²) in [7, 11) is 0. The van der Waals surface area contributed by atoms with E-state index in [9.17, 15) is 0 Å². The molecule has 1 heterocycles. The van der Waals surface area contributed by atoms with Crippen LogP contribution in [0.4, 0.5) is 5.69 Å². The average molecular weight is 223 g/mol. The van der Waals surface area contributed by atoms with Crippen LogP contribution in [-0.4, -0.2) is 0 Å². The van der Waals surface area contributed by atoms with Crippen molar-refractivity contribution in [2.45, 2.75) is 26.3 Å². The van der Waals surface area contributed by atoms with E-state index in [4.69, 9.17) is 0 Å². The van der Waals surface area contributed by atoms with Crippen molar-refractivity contribution in [1.29, 1.82) is 0 Å². The van der Waals surface area contributed by atoms with Gasteiger partial charge < -0.3 is 5.32 Å². The molecule has 0 saturated carbocycles. The third kappa shape index (κ3) is 1.82. The summed E-state index contributed by atoms with van der Waals surface area (Å²) in [6, 6.07) is 15.8. The Morgan fingerprint density at radius 1 is 1.06 bits per heavy atom. The fourth-order valence-corrected chi connectivity index (χ4v) is 2.70. The van der Waals surface area contributed by atoms with Crippen molar-refractivity contribution in [3.63, 3.8) is 0 Å². The molecule has 0 amide bonds. The molecule has 1 aliphatic heterocycles. The van der Waals surface area contributed by atoms with Crippen LogP contribution in [0, 0.1) is 13.8 Å². The Balaban J connectivity index is 1.94. The summed E-state index contributed by atoms with van der Waals surface area (Å²) in [5, 5.41) is 3.61. The highest BCUT2D eigenvalue weighted by atomic mass is 14.9. The molecule has 1 atom stereocenters. The zero-order valence-electron chi connectivity index (χ0n) is 10.3. The monoisotopic (exact) mass is 223 g/mol. The van der Waals surface area contributed by atoms with Crippen molar-refractivity contribution in [1.82, 2.24) is 0 Å². The van der Waals surface area contributed by atoms with Crippen LogP contribution in [0.5, 0.6) is 0 Å². The number of rotatable bonds is 1. The summed E-state index contributed by atoms with van der Waals surface area (Å²) in [6.45, 7) is 4.35. The number of aryl methyl sites for hydroxylation is 2. The molecule has 2 aromatic rings. The van der Waals surface area contributed by atoms with Gasteiger partial charge in [-0.15, -0.1) is 0 Å². The van der Waals surface area contributed by atoms with Crippen molar-refractivity contribution in [3.8, 4) is 0 Å². The number of benzene rings is 2. The minimum absolute atomic E-state index is 0.438. The van der Waals surface area contributed by atoms with Gasteiger partial charge in [0.2, 0.25) is 0 Å². The number of para-hydroxylation sites is 1. The maximum atomic E-state index is 3.61. The lowest BCUT2D eigenvalue weighted by molar-refractivity contribution is 0.815. The van der Waals surface area contributed by atoms with Gasteiger partial charge in [0.05, 0.1) is 6.04 Å². The Hall–Kier alpha value is -1.76. The molecular formula is C16H17N. The summed E-state index contributed by atoms with van der Waals surface area (Å²) in [5.41, 5.74) is 6.86. The molecule has 0 aliphatic carbocycles. The van der Waals surface area contributed by atoms with Crippen LogP contribution in [-0.2, 0) is 6.42 Å². The number of hydrogen-bond donors (Lipinski definition) is 1. The van der Waals surface area contributed by atoms with Crippen LogP contribution >= 0.6 is 0 Å². The molecule has 3 rings (SSSR count). The highest BCUT2D eigenvalue weighted by molar-refractivity contribution is 5.58. The Morgan fingerprint density at radius 2 is 1.88 bits per heavy atom. The van der Waals surface area contributed by atoms with Crippen LogP contribution in [0.25, 0.3) is 0 Å². The molecule has 1 N–H and O–H groups in total. The molecule has 2 aromatic carbocycles. The third-order valence-corrected chi connectivity index (χ3v) is 3.57. The van der Waals surface area contributed by atoms with Crippen molar-refractivity contribution in [3.05, 3.63) is 64.7 Å². The molecule has 0 bridgehead atoms. The normalized spacial score (nSPS) is 17.6. The maximum absolute atomic E-state index is 3.61. The predicted molar refractivity (Wildman–Crippen MR) is 72.4 cm³/mol. The van der Waals surface area contributed by atoms with Crippen molar-refractivity contribution < 1.29 is 0 Å². The van der Waals surface area contributed by atoms with E-state index in [1.807, 2.05) is 0 Å². The van der Waals surface area contributed by atoms with E-state index in [0.717, 1.165) is 6.42 Å². The molecule has 0 radical (unpaired) electrons. The van der Waals surface area contributed by atoms with Gasteiger partial charge in [0.15, 0.2) is 0 Å². The first-order valence-electron chi connectivity index (χ1n) is 6.15. The largest absolute Gasteiger partial charge is 0.378 e. The van der Waals surface area contributed by atoms with Gasteiger partial charge in [0, 0.05) is 5.69 Å². The molecule has 17 heavy (non-hydrogen) atoms. The minimum Gasteiger partial charge on any atom is -0.378 e. The number of fused-ring (bicyclic) bond motifs is 1. The fraction of sp³-hybridized carbons (Fsp3) is 0.250. The first-order valence-corrected chi connectivity index (χ1v) is 6.15. The molecule has 0 saturated heterocycles. The maximum Gasteiger partial charge on any atom is 0.0557 e. The fourth-order valence-electron chi connectivity index (χ4n) is 2.70. The van der Waals surface area contributed by atoms with Gasteiger partial charge in [-0.2, -0.15) is 0 Å². The molecule has 0 aromatic heterocycles. The Labute approximate surface area is 102 Å². The van der Waals surface area contributed by atoms with E-state index in [1.54, 1.807) is 0 Å². The first kappa shape index (κ1) is 10.4.